The molecule has 0 unspecified atom stereocenters. The molecule has 0 aliphatic rings. The van der Waals surface area contributed by atoms with E-state index in [-0.39, 0.29) is 0 Å². The molecule has 0 amide bonds. The number of thioether (sulfide) groups is 1. The predicted molar refractivity (Wildman–Crippen MR) is 80.1 cm³/mol. The second-order valence-corrected chi connectivity index (χ2v) is 5.83. The van der Waals surface area contributed by atoms with Gasteiger partial charge in [-0.15, -0.1) is 11.8 Å². The van der Waals surface area contributed by atoms with Gasteiger partial charge in [0, 0.05) is 21.7 Å². The largest absolute Gasteiger partial charge is 0.361 e. The molecule has 6 heteroatoms. The number of fused-ring (bicyclic) bond motifs is 1. The van der Waals surface area contributed by atoms with Crippen LogP contribution in [0.1, 0.15) is 17.0 Å². The topological polar surface area (TPSA) is 51.8 Å². The Labute approximate surface area is 125 Å². The summed E-state index contributed by atoms with van der Waals surface area (Å²) in [5, 5.41) is 6.59. The number of hydrogen-bond donors (Lipinski definition) is 0. The van der Waals surface area contributed by atoms with Crippen molar-refractivity contribution in [3.8, 4) is 0 Å². The minimum absolute atomic E-state index is 0.679. The van der Waals surface area contributed by atoms with E-state index in [1.54, 1.807) is 18.1 Å². The quantitative estimate of drug-likeness (QED) is 0.536. The lowest BCUT2D eigenvalue weighted by molar-refractivity contribution is 0.392. The van der Waals surface area contributed by atoms with E-state index in [0.29, 0.717) is 5.02 Å². The van der Waals surface area contributed by atoms with E-state index in [2.05, 4.69) is 15.1 Å². The number of nitrogens with zero attached hydrogens (tertiary/aromatic N) is 3. The van der Waals surface area contributed by atoms with Crippen LogP contribution in [0.3, 0.4) is 0 Å². The molecule has 0 fully saturated rings. The van der Waals surface area contributed by atoms with Gasteiger partial charge in [0.1, 0.15) is 17.1 Å². The lowest BCUT2D eigenvalue weighted by Gasteiger charge is -2.04. The van der Waals surface area contributed by atoms with Crippen molar-refractivity contribution in [2.75, 3.05) is 0 Å². The number of halogens is 1. The maximum Gasteiger partial charge on any atom is 0.137 e. The van der Waals surface area contributed by atoms with Crippen molar-refractivity contribution in [2.24, 2.45) is 0 Å². The summed E-state index contributed by atoms with van der Waals surface area (Å²) in [6.07, 6.45) is 1.56. The normalized spacial score (nSPS) is 11.2. The Balaban J connectivity index is 1.92. The fourth-order valence-corrected chi connectivity index (χ4v) is 3.28. The van der Waals surface area contributed by atoms with Crippen LogP contribution in [0.5, 0.6) is 0 Å². The number of hydrogen-bond acceptors (Lipinski definition) is 5. The average molecular weight is 306 g/mol. The van der Waals surface area contributed by atoms with Crippen LogP contribution in [0, 0.1) is 13.8 Å². The summed E-state index contributed by atoms with van der Waals surface area (Å²) in [5.74, 6) is 1.63. The SMILES string of the molecule is Cc1noc(C)c1CSc1ncnc2cc(Cl)ccc12. The zero-order valence-corrected chi connectivity index (χ0v) is 12.6. The highest BCUT2D eigenvalue weighted by atomic mass is 35.5. The summed E-state index contributed by atoms with van der Waals surface area (Å²) in [6, 6.07) is 5.65. The minimum atomic E-state index is 0.679. The number of aryl methyl sites for hydroxylation is 2. The van der Waals surface area contributed by atoms with Crippen LogP contribution >= 0.6 is 23.4 Å². The van der Waals surface area contributed by atoms with Gasteiger partial charge in [0.05, 0.1) is 11.2 Å². The summed E-state index contributed by atoms with van der Waals surface area (Å²) in [4.78, 5) is 8.60. The summed E-state index contributed by atoms with van der Waals surface area (Å²) in [7, 11) is 0. The molecule has 102 valence electrons. The summed E-state index contributed by atoms with van der Waals surface area (Å²) >= 11 is 7.63. The van der Waals surface area contributed by atoms with Crippen LogP contribution in [-0.4, -0.2) is 15.1 Å². The molecule has 0 bridgehead atoms. The number of aromatic nitrogens is 3. The Bertz CT molecular complexity index is 753. The third kappa shape index (κ3) is 2.51. The second-order valence-electron chi connectivity index (χ2n) is 4.43. The van der Waals surface area contributed by atoms with E-state index in [1.165, 1.54) is 0 Å². The van der Waals surface area contributed by atoms with Crippen molar-refractivity contribution >= 4 is 34.3 Å². The third-order valence-electron chi connectivity index (χ3n) is 3.10. The molecule has 3 rings (SSSR count). The monoisotopic (exact) mass is 305 g/mol. The van der Waals surface area contributed by atoms with Crippen molar-refractivity contribution in [3.63, 3.8) is 0 Å². The van der Waals surface area contributed by atoms with E-state index < -0.39 is 0 Å². The minimum Gasteiger partial charge on any atom is -0.361 e. The maximum atomic E-state index is 5.98. The highest BCUT2D eigenvalue weighted by molar-refractivity contribution is 7.98. The van der Waals surface area contributed by atoms with Crippen molar-refractivity contribution in [1.82, 2.24) is 15.1 Å². The third-order valence-corrected chi connectivity index (χ3v) is 4.36. The van der Waals surface area contributed by atoms with Crippen LogP contribution in [0.15, 0.2) is 34.1 Å². The molecule has 4 nitrogen and oxygen atoms in total. The summed E-state index contributed by atoms with van der Waals surface area (Å²) < 4.78 is 5.17. The standard InChI is InChI=1S/C14H12ClN3OS/c1-8-12(9(2)19-18-8)6-20-14-11-4-3-10(15)5-13(11)16-7-17-14/h3-5,7H,6H2,1-2H3. The number of benzene rings is 1. The number of rotatable bonds is 3. The van der Waals surface area contributed by atoms with Gasteiger partial charge in [-0.05, 0) is 32.0 Å². The Hall–Kier alpha value is -1.59. The zero-order valence-electron chi connectivity index (χ0n) is 11.1. The molecule has 0 N–H and O–H groups in total. The molecular formula is C14H12ClN3OS. The van der Waals surface area contributed by atoms with E-state index in [4.69, 9.17) is 16.1 Å². The van der Waals surface area contributed by atoms with Crippen LogP contribution in [0.4, 0.5) is 0 Å². The first-order valence-corrected chi connectivity index (χ1v) is 7.46. The van der Waals surface area contributed by atoms with E-state index in [0.717, 1.165) is 38.7 Å². The van der Waals surface area contributed by atoms with E-state index >= 15 is 0 Å². The molecule has 0 aliphatic heterocycles. The molecule has 0 saturated heterocycles. The van der Waals surface area contributed by atoms with Crippen molar-refractivity contribution in [3.05, 3.63) is 46.6 Å². The first kappa shape index (κ1) is 13.4. The van der Waals surface area contributed by atoms with Gasteiger partial charge in [0.2, 0.25) is 0 Å². The fraction of sp³-hybridized carbons (Fsp3) is 0.214. The van der Waals surface area contributed by atoms with E-state index in [9.17, 15) is 0 Å². The first-order valence-electron chi connectivity index (χ1n) is 6.10. The van der Waals surface area contributed by atoms with Crippen LogP contribution < -0.4 is 0 Å². The van der Waals surface area contributed by atoms with Gasteiger partial charge in [-0.25, -0.2) is 9.97 Å². The van der Waals surface area contributed by atoms with Crippen molar-refractivity contribution < 1.29 is 4.52 Å². The highest BCUT2D eigenvalue weighted by Crippen LogP contribution is 2.30. The van der Waals surface area contributed by atoms with Gasteiger partial charge in [-0.1, -0.05) is 16.8 Å². The van der Waals surface area contributed by atoms with Gasteiger partial charge in [-0.3, -0.25) is 0 Å². The van der Waals surface area contributed by atoms with Crippen molar-refractivity contribution in [2.45, 2.75) is 24.6 Å². The van der Waals surface area contributed by atoms with Crippen molar-refractivity contribution in [1.29, 1.82) is 0 Å². The molecule has 0 atom stereocenters. The zero-order chi connectivity index (χ0) is 14.1. The molecule has 2 aromatic heterocycles. The molecular weight excluding hydrogens is 294 g/mol. The molecule has 0 radical (unpaired) electrons. The molecule has 2 heterocycles. The predicted octanol–water partition coefficient (Wildman–Crippen LogP) is 4.18. The molecule has 0 spiro atoms. The van der Waals surface area contributed by atoms with Gasteiger partial charge >= 0.3 is 0 Å². The molecule has 0 aliphatic carbocycles. The van der Waals surface area contributed by atoms with Gasteiger partial charge in [0.15, 0.2) is 0 Å². The molecule has 3 aromatic rings. The Morgan fingerprint density at radius 2 is 2.10 bits per heavy atom. The Morgan fingerprint density at radius 3 is 2.85 bits per heavy atom. The van der Waals surface area contributed by atoms with Crippen LogP contribution in [0.25, 0.3) is 10.9 Å². The highest BCUT2D eigenvalue weighted by Gasteiger charge is 2.11. The lowest BCUT2D eigenvalue weighted by atomic mass is 10.2. The van der Waals surface area contributed by atoms with Gasteiger partial charge in [0.25, 0.3) is 0 Å². The maximum absolute atomic E-state index is 5.98. The van der Waals surface area contributed by atoms with Gasteiger partial charge < -0.3 is 4.52 Å². The summed E-state index contributed by atoms with van der Waals surface area (Å²) in [6.45, 7) is 3.87. The molecule has 20 heavy (non-hydrogen) atoms. The van der Waals surface area contributed by atoms with Gasteiger partial charge in [-0.2, -0.15) is 0 Å². The van der Waals surface area contributed by atoms with Crippen LogP contribution in [-0.2, 0) is 5.75 Å². The lowest BCUT2D eigenvalue weighted by Crippen LogP contribution is -1.89. The van der Waals surface area contributed by atoms with E-state index in [1.807, 2.05) is 32.0 Å². The average Bonchev–Trinajstić information content (AvgIpc) is 2.75. The van der Waals surface area contributed by atoms with Crippen LogP contribution in [0.2, 0.25) is 5.02 Å². The molecule has 0 saturated carbocycles. The first-order chi connectivity index (χ1) is 9.65. The molecule has 1 aromatic carbocycles. The smallest absolute Gasteiger partial charge is 0.137 e. The fourth-order valence-electron chi connectivity index (χ4n) is 1.97. The summed E-state index contributed by atoms with van der Waals surface area (Å²) in [5.41, 5.74) is 2.90. The second kappa shape index (κ2) is 5.42. The Kier molecular flexibility index (Phi) is 3.63. The Morgan fingerprint density at radius 1 is 1.25 bits per heavy atom.